The number of aromatic amines is 1. The van der Waals surface area contributed by atoms with Gasteiger partial charge in [0.15, 0.2) is 0 Å². The zero-order valence-corrected chi connectivity index (χ0v) is 10.7. The highest BCUT2D eigenvalue weighted by Crippen LogP contribution is 2.30. The summed E-state index contributed by atoms with van der Waals surface area (Å²) in [6, 6.07) is 1.98. The molecule has 18 heavy (non-hydrogen) atoms. The number of aromatic nitrogens is 4. The molecule has 0 radical (unpaired) electrons. The van der Waals surface area contributed by atoms with Crippen molar-refractivity contribution in [2.75, 3.05) is 18.0 Å². The van der Waals surface area contributed by atoms with Gasteiger partial charge in [0.1, 0.15) is 11.6 Å². The third-order valence-corrected chi connectivity index (χ3v) is 3.55. The lowest BCUT2D eigenvalue weighted by Gasteiger charge is -2.17. The van der Waals surface area contributed by atoms with E-state index in [-0.39, 0.29) is 0 Å². The monoisotopic (exact) mass is 243 g/mol. The molecule has 5 nitrogen and oxygen atoms in total. The van der Waals surface area contributed by atoms with Crippen LogP contribution in [0.2, 0.25) is 0 Å². The van der Waals surface area contributed by atoms with Gasteiger partial charge in [-0.3, -0.25) is 5.10 Å². The maximum Gasteiger partial charge on any atom is 0.132 e. The molecule has 1 aliphatic heterocycles. The van der Waals surface area contributed by atoms with Crippen LogP contribution in [0, 0.1) is 13.8 Å². The molecule has 94 valence electrons. The molecule has 0 aliphatic carbocycles. The highest BCUT2D eigenvalue weighted by molar-refractivity contribution is 5.40. The topological polar surface area (TPSA) is 57.7 Å². The summed E-state index contributed by atoms with van der Waals surface area (Å²) in [6.45, 7) is 6.07. The lowest BCUT2D eigenvalue weighted by atomic mass is 10.0. The SMILES string of the molecule is Cc1nccc(N2CC[C@@H](c3[nH]ncc3C)C2)n1. The lowest BCUT2D eigenvalue weighted by Crippen LogP contribution is -2.21. The Morgan fingerprint density at radius 3 is 3.00 bits per heavy atom. The van der Waals surface area contributed by atoms with E-state index >= 15 is 0 Å². The van der Waals surface area contributed by atoms with E-state index in [1.165, 1.54) is 11.3 Å². The van der Waals surface area contributed by atoms with Crippen molar-refractivity contribution in [1.82, 2.24) is 20.2 Å². The molecule has 1 N–H and O–H groups in total. The molecule has 2 aromatic rings. The molecule has 0 spiro atoms. The predicted octanol–water partition coefficient (Wildman–Crippen LogP) is 1.81. The normalized spacial score (nSPS) is 19.4. The number of nitrogens with zero attached hydrogens (tertiary/aromatic N) is 4. The van der Waals surface area contributed by atoms with Crippen LogP contribution < -0.4 is 4.90 Å². The van der Waals surface area contributed by atoms with E-state index in [2.05, 4.69) is 32.0 Å². The molecule has 0 bridgehead atoms. The van der Waals surface area contributed by atoms with Crippen LogP contribution in [-0.2, 0) is 0 Å². The third-order valence-electron chi connectivity index (χ3n) is 3.55. The van der Waals surface area contributed by atoms with E-state index < -0.39 is 0 Å². The molecule has 0 unspecified atom stereocenters. The van der Waals surface area contributed by atoms with Crippen molar-refractivity contribution in [2.24, 2.45) is 0 Å². The molecule has 3 heterocycles. The van der Waals surface area contributed by atoms with Crippen LogP contribution in [0.1, 0.15) is 29.4 Å². The molecule has 2 aromatic heterocycles. The highest BCUT2D eigenvalue weighted by atomic mass is 15.2. The zero-order valence-electron chi connectivity index (χ0n) is 10.7. The maximum absolute atomic E-state index is 4.48. The molecule has 0 saturated carbocycles. The van der Waals surface area contributed by atoms with Gasteiger partial charge in [-0.15, -0.1) is 0 Å². The fourth-order valence-corrected chi connectivity index (χ4v) is 2.59. The van der Waals surface area contributed by atoms with E-state index in [0.29, 0.717) is 5.92 Å². The first-order valence-electron chi connectivity index (χ1n) is 6.28. The van der Waals surface area contributed by atoms with Crippen LogP contribution in [-0.4, -0.2) is 33.3 Å². The quantitative estimate of drug-likeness (QED) is 0.874. The molecular weight excluding hydrogens is 226 g/mol. The molecular formula is C13H17N5. The summed E-state index contributed by atoms with van der Waals surface area (Å²) >= 11 is 0. The van der Waals surface area contributed by atoms with Gasteiger partial charge in [0.25, 0.3) is 0 Å². The first kappa shape index (κ1) is 11.2. The Morgan fingerprint density at radius 1 is 1.39 bits per heavy atom. The van der Waals surface area contributed by atoms with Crippen molar-refractivity contribution in [3.8, 4) is 0 Å². The number of hydrogen-bond donors (Lipinski definition) is 1. The molecule has 5 heteroatoms. The fourth-order valence-electron chi connectivity index (χ4n) is 2.59. The Labute approximate surface area is 106 Å². The molecule has 1 aliphatic rings. The molecule has 0 amide bonds. The second kappa shape index (κ2) is 4.40. The van der Waals surface area contributed by atoms with Gasteiger partial charge in [-0.25, -0.2) is 9.97 Å². The Kier molecular flexibility index (Phi) is 2.74. The molecule has 1 fully saturated rings. The van der Waals surface area contributed by atoms with Crippen molar-refractivity contribution in [2.45, 2.75) is 26.2 Å². The number of H-pyrrole nitrogens is 1. The molecule has 1 atom stereocenters. The average Bonchev–Trinajstić information content (AvgIpc) is 2.97. The summed E-state index contributed by atoms with van der Waals surface area (Å²) in [5.41, 5.74) is 2.52. The van der Waals surface area contributed by atoms with Gasteiger partial charge in [0.2, 0.25) is 0 Å². The maximum atomic E-state index is 4.48. The van der Waals surface area contributed by atoms with E-state index in [1.54, 1.807) is 0 Å². The summed E-state index contributed by atoms with van der Waals surface area (Å²) < 4.78 is 0. The van der Waals surface area contributed by atoms with Gasteiger partial charge in [-0.05, 0) is 31.9 Å². The minimum Gasteiger partial charge on any atom is -0.356 e. The van der Waals surface area contributed by atoms with Gasteiger partial charge in [0.05, 0.1) is 6.20 Å². The summed E-state index contributed by atoms with van der Waals surface area (Å²) in [5.74, 6) is 2.39. The van der Waals surface area contributed by atoms with Gasteiger partial charge in [0, 0.05) is 30.9 Å². The highest BCUT2D eigenvalue weighted by Gasteiger charge is 2.26. The van der Waals surface area contributed by atoms with Crippen LogP contribution >= 0.6 is 0 Å². The first-order valence-corrected chi connectivity index (χ1v) is 6.28. The van der Waals surface area contributed by atoms with E-state index in [9.17, 15) is 0 Å². The van der Waals surface area contributed by atoms with Crippen molar-refractivity contribution >= 4 is 5.82 Å². The smallest absolute Gasteiger partial charge is 0.132 e. The predicted molar refractivity (Wildman–Crippen MR) is 69.7 cm³/mol. The van der Waals surface area contributed by atoms with Crippen molar-refractivity contribution in [1.29, 1.82) is 0 Å². The third kappa shape index (κ3) is 1.96. The van der Waals surface area contributed by atoms with Gasteiger partial charge < -0.3 is 4.90 Å². The number of aryl methyl sites for hydroxylation is 2. The van der Waals surface area contributed by atoms with Crippen molar-refractivity contribution in [3.05, 3.63) is 35.5 Å². The number of hydrogen-bond acceptors (Lipinski definition) is 4. The van der Waals surface area contributed by atoms with E-state index in [1.807, 2.05) is 25.4 Å². The summed E-state index contributed by atoms with van der Waals surface area (Å²) in [5, 5.41) is 7.23. The lowest BCUT2D eigenvalue weighted by molar-refractivity contribution is 0.732. The zero-order chi connectivity index (χ0) is 12.5. The Balaban J connectivity index is 1.78. The molecule has 0 aromatic carbocycles. The Bertz CT molecular complexity index is 548. The minimum atomic E-state index is 0.530. The van der Waals surface area contributed by atoms with Gasteiger partial charge in [-0.1, -0.05) is 0 Å². The largest absolute Gasteiger partial charge is 0.356 e. The summed E-state index contributed by atoms with van der Waals surface area (Å²) in [7, 11) is 0. The molecule has 1 saturated heterocycles. The second-order valence-corrected chi connectivity index (χ2v) is 4.86. The standard InChI is InChI=1S/C13H17N5/c1-9-7-15-17-13(9)11-4-6-18(8-11)12-3-5-14-10(2)16-12/h3,5,7,11H,4,6,8H2,1-2H3,(H,15,17)/t11-/m1/s1. The number of anilines is 1. The van der Waals surface area contributed by atoms with Crippen LogP contribution in [0.25, 0.3) is 0 Å². The van der Waals surface area contributed by atoms with E-state index in [4.69, 9.17) is 0 Å². The van der Waals surface area contributed by atoms with Crippen LogP contribution in [0.15, 0.2) is 18.5 Å². The number of rotatable bonds is 2. The fraction of sp³-hybridized carbons (Fsp3) is 0.462. The van der Waals surface area contributed by atoms with Crippen molar-refractivity contribution in [3.63, 3.8) is 0 Å². The van der Waals surface area contributed by atoms with Crippen molar-refractivity contribution < 1.29 is 0 Å². The Hall–Kier alpha value is -1.91. The summed E-state index contributed by atoms with van der Waals surface area (Å²) in [4.78, 5) is 10.9. The number of nitrogens with one attached hydrogen (secondary N) is 1. The van der Waals surface area contributed by atoms with Crippen LogP contribution in [0.3, 0.4) is 0 Å². The second-order valence-electron chi connectivity index (χ2n) is 4.86. The summed E-state index contributed by atoms with van der Waals surface area (Å²) in [6.07, 6.45) is 4.87. The average molecular weight is 243 g/mol. The molecule has 3 rings (SSSR count). The first-order chi connectivity index (χ1) is 8.74. The van der Waals surface area contributed by atoms with Gasteiger partial charge in [-0.2, -0.15) is 5.10 Å². The van der Waals surface area contributed by atoms with Crippen LogP contribution in [0.4, 0.5) is 5.82 Å². The van der Waals surface area contributed by atoms with Gasteiger partial charge >= 0.3 is 0 Å². The van der Waals surface area contributed by atoms with E-state index in [0.717, 1.165) is 31.2 Å². The minimum absolute atomic E-state index is 0.530. The van der Waals surface area contributed by atoms with Crippen LogP contribution in [0.5, 0.6) is 0 Å². The Morgan fingerprint density at radius 2 is 2.28 bits per heavy atom.